The van der Waals surface area contributed by atoms with Crippen LogP contribution in [0.3, 0.4) is 0 Å². The van der Waals surface area contributed by atoms with Crippen LogP contribution in [-0.2, 0) is 19.1 Å². The van der Waals surface area contributed by atoms with Crippen LogP contribution in [0.1, 0.15) is 54.4 Å². The normalized spacial score (nSPS) is 22.1. The minimum absolute atomic E-state index is 0. The van der Waals surface area contributed by atoms with Gasteiger partial charge in [0.25, 0.3) is 0 Å². The number of hydrogen-bond acceptors (Lipinski definition) is 4. The van der Waals surface area contributed by atoms with Crippen LogP contribution in [0.25, 0.3) is 0 Å². The van der Waals surface area contributed by atoms with E-state index in [4.69, 9.17) is 9.47 Å². The first-order valence-electron chi connectivity index (χ1n) is 6.29. The Morgan fingerprint density at radius 1 is 1.56 bits per heavy atom. The van der Waals surface area contributed by atoms with Crippen molar-refractivity contribution in [3.63, 3.8) is 0 Å². The van der Waals surface area contributed by atoms with Gasteiger partial charge < -0.3 is 9.47 Å². The molecule has 0 N–H and O–H groups in total. The van der Waals surface area contributed by atoms with Crippen molar-refractivity contribution in [1.82, 2.24) is 0 Å². The van der Waals surface area contributed by atoms with E-state index in [0.717, 1.165) is 12.8 Å². The fourth-order valence-corrected chi connectivity index (χ4v) is 1.99. The number of carbonyl (C=O) groups is 2. The molecule has 4 nitrogen and oxygen atoms in total. The van der Waals surface area contributed by atoms with E-state index in [2.05, 4.69) is 0 Å². The Morgan fingerprint density at radius 2 is 2.17 bits per heavy atom. The van der Waals surface area contributed by atoms with Gasteiger partial charge in [-0.2, -0.15) is 0 Å². The number of esters is 2. The first kappa shape index (κ1) is 16.9. The smallest absolute Gasteiger partial charge is 0.347 e. The molecule has 1 aliphatic heterocycles. The van der Waals surface area contributed by atoms with Crippen LogP contribution >= 0.6 is 0 Å². The molecule has 2 atom stereocenters. The van der Waals surface area contributed by atoms with Gasteiger partial charge in [-0.1, -0.05) is 34.6 Å². The van der Waals surface area contributed by atoms with Crippen molar-refractivity contribution in [2.45, 2.75) is 60.5 Å². The molecule has 1 heterocycles. The lowest BCUT2D eigenvalue weighted by molar-refractivity contribution is -0.170. The molecule has 4 heteroatoms. The van der Waals surface area contributed by atoms with Crippen molar-refractivity contribution in [1.29, 1.82) is 0 Å². The molecule has 0 amide bonds. The van der Waals surface area contributed by atoms with Gasteiger partial charge in [-0.15, -0.1) is 0 Å². The van der Waals surface area contributed by atoms with Crippen LogP contribution in [0.15, 0.2) is 0 Å². The molecule has 1 saturated heterocycles. The molecule has 2 unspecified atom stereocenters. The lowest BCUT2D eigenvalue weighted by atomic mass is 9.75. The summed E-state index contributed by atoms with van der Waals surface area (Å²) in [5, 5.41) is 0. The third-order valence-electron chi connectivity index (χ3n) is 3.65. The summed E-state index contributed by atoms with van der Waals surface area (Å²) in [6.07, 6.45) is 1.46. The summed E-state index contributed by atoms with van der Waals surface area (Å²) in [6.45, 7) is 8.30. The SMILES string of the molecule is C.CCCC(C)(C(=O)OC1CCOC1=O)C(C)C. The van der Waals surface area contributed by atoms with Crippen LogP contribution in [0.5, 0.6) is 0 Å². The van der Waals surface area contributed by atoms with Crippen molar-refractivity contribution < 1.29 is 19.1 Å². The van der Waals surface area contributed by atoms with Gasteiger partial charge >= 0.3 is 11.9 Å². The molecule has 0 aromatic heterocycles. The molecule has 0 spiro atoms. The van der Waals surface area contributed by atoms with Crippen LogP contribution in [-0.4, -0.2) is 24.6 Å². The zero-order valence-electron chi connectivity index (χ0n) is 11.1. The van der Waals surface area contributed by atoms with Gasteiger partial charge in [0.05, 0.1) is 12.0 Å². The summed E-state index contributed by atoms with van der Waals surface area (Å²) in [4.78, 5) is 23.4. The van der Waals surface area contributed by atoms with Gasteiger partial charge in [-0.25, -0.2) is 4.79 Å². The number of cyclic esters (lactones) is 1. The standard InChI is InChI=1S/C13H22O4.CH4/c1-5-7-13(4,9(2)3)12(15)17-10-6-8-16-11(10)14;/h9-10H,5-8H2,1-4H3;1H4. The summed E-state index contributed by atoms with van der Waals surface area (Å²) >= 11 is 0. The van der Waals surface area contributed by atoms with E-state index in [0.29, 0.717) is 13.0 Å². The van der Waals surface area contributed by atoms with Gasteiger partial charge in [-0.3, -0.25) is 4.79 Å². The zero-order valence-corrected chi connectivity index (χ0v) is 11.1. The molecule has 0 bridgehead atoms. The Bertz CT molecular complexity index is 298. The topological polar surface area (TPSA) is 52.6 Å². The highest BCUT2D eigenvalue weighted by atomic mass is 16.6. The van der Waals surface area contributed by atoms with Crippen molar-refractivity contribution in [2.75, 3.05) is 6.61 Å². The van der Waals surface area contributed by atoms with Crippen molar-refractivity contribution in [2.24, 2.45) is 11.3 Å². The van der Waals surface area contributed by atoms with Gasteiger partial charge in [-0.05, 0) is 19.3 Å². The number of rotatable bonds is 5. The van der Waals surface area contributed by atoms with Crippen molar-refractivity contribution in [3.8, 4) is 0 Å². The van der Waals surface area contributed by atoms with Gasteiger partial charge in [0.15, 0.2) is 0 Å². The molecule has 1 fully saturated rings. The van der Waals surface area contributed by atoms with Gasteiger partial charge in [0.2, 0.25) is 6.10 Å². The van der Waals surface area contributed by atoms with Crippen LogP contribution in [0.2, 0.25) is 0 Å². The minimum atomic E-state index is -0.697. The molecular weight excluding hydrogens is 232 g/mol. The van der Waals surface area contributed by atoms with Crippen LogP contribution < -0.4 is 0 Å². The third-order valence-corrected chi connectivity index (χ3v) is 3.65. The fourth-order valence-electron chi connectivity index (χ4n) is 1.99. The van der Waals surface area contributed by atoms with Gasteiger partial charge in [0, 0.05) is 6.42 Å². The van der Waals surface area contributed by atoms with Crippen LogP contribution in [0.4, 0.5) is 0 Å². The summed E-state index contributed by atoms with van der Waals surface area (Å²) in [5.41, 5.74) is -0.516. The van der Waals surface area contributed by atoms with E-state index in [1.165, 1.54) is 0 Å². The number of hydrogen-bond donors (Lipinski definition) is 0. The highest BCUT2D eigenvalue weighted by molar-refractivity contribution is 5.83. The fraction of sp³-hybridized carbons (Fsp3) is 0.857. The van der Waals surface area contributed by atoms with Crippen LogP contribution in [0, 0.1) is 11.3 Å². The monoisotopic (exact) mass is 258 g/mol. The summed E-state index contributed by atoms with van der Waals surface area (Å²) in [5.74, 6) is -0.508. The summed E-state index contributed by atoms with van der Waals surface area (Å²) in [7, 11) is 0. The molecule has 1 rings (SSSR count). The van der Waals surface area contributed by atoms with E-state index < -0.39 is 17.5 Å². The first-order valence-corrected chi connectivity index (χ1v) is 6.29. The quantitative estimate of drug-likeness (QED) is 0.711. The molecule has 18 heavy (non-hydrogen) atoms. The summed E-state index contributed by atoms with van der Waals surface area (Å²) < 4.78 is 10.1. The number of ether oxygens (including phenoxy) is 2. The predicted octanol–water partition coefficient (Wildman–Crippen LogP) is 2.94. The average molecular weight is 258 g/mol. The van der Waals surface area contributed by atoms with Gasteiger partial charge in [0.1, 0.15) is 0 Å². The third kappa shape index (κ3) is 3.47. The van der Waals surface area contributed by atoms with Crippen molar-refractivity contribution in [3.05, 3.63) is 0 Å². The molecular formula is C14H26O4. The largest absolute Gasteiger partial charge is 0.463 e. The van der Waals surface area contributed by atoms with E-state index in [1.807, 2.05) is 27.7 Å². The first-order chi connectivity index (χ1) is 7.91. The Morgan fingerprint density at radius 3 is 2.56 bits per heavy atom. The second kappa shape index (κ2) is 6.76. The second-order valence-corrected chi connectivity index (χ2v) is 5.17. The molecule has 0 aromatic carbocycles. The highest BCUT2D eigenvalue weighted by Crippen LogP contribution is 2.34. The maximum Gasteiger partial charge on any atom is 0.347 e. The number of carbonyl (C=O) groups excluding carboxylic acids is 2. The maximum absolute atomic E-state index is 12.2. The molecule has 0 saturated carbocycles. The summed E-state index contributed by atoms with van der Waals surface area (Å²) in [6, 6.07) is 0. The molecule has 1 aliphatic rings. The maximum atomic E-state index is 12.2. The molecule has 106 valence electrons. The Hall–Kier alpha value is -1.06. The molecule has 0 aromatic rings. The lowest BCUT2D eigenvalue weighted by Gasteiger charge is -2.31. The van der Waals surface area contributed by atoms with Crippen molar-refractivity contribution >= 4 is 11.9 Å². The average Bonchev–Trinajstić information content (AvgIpc) is 2.64. The van der Waals surface area contributed by atoms with E-state index in [9.17, 15) is 9.59 Å². The minimum Gasteiger partial charge on any atom is -0.463 e. The highest BCUT2D eigenvalue weighted by Gasteiger charge is 2.41. The van der Waals surface area contributed by atoms with E-state index in [1.54, 1.807) is 0 Å². The zero-order chi connectivity index (χ0) is 13.1. The van der Waals surface area contributed by atoms with E-state index >= 15 is 0 Å². The molecule has 0 radical (unpaired) electrons. The second-order valence-electron chi connectivity index (χ2n) is 5.17. The Balaban J connectivity index is 0.00000289. The molecule has 0 aliphatic carbocycles. The van der Waals surface area contributed by atoms with E-state index in [-0.39, 0.29) is 19.3 Å². The Labute approximate surface area is 110 Å². The lowest BCUT2D eigenvalue weighted by Crippen LogP contribution is -2.38. The predicted molar refractivity (Wildman–Crippen MR) is 70.0 cm³/mol. The Kier molecular flexibility index (Phi) is 6.36.